The fourth-order valence-electron chi connectivity index (χ4n) is 1.55. The van der Waals surface area contributed by atoms with Crippen LogP contribution in [0.4, 0.5) is 0 Å². The second-order valence-electron chi connectivity index (χ2n) is 3.61. The standard InChI is InChI=1S/C11H12ClNO3S/c12-7-3-4-8-16-11-9-5-1-2-6-10(9)17(14,15)13-11/h1-2,5-6H,3-4,7-8H2. The summed E-state index contributed by atoms with van der Waals surface area (Å²) in [5.41, 5.74) is 0.540. The van der Waals surface area contributed by atoms with Crippen molar-refractivity contribution in [1.82, 2.24) is 0 Å². The summed E-state index contributed by atoms with van der Waals surface area (Å²) in [4.78, 5) is 0.215. The molecule has 0 N–H and O–H groups in total. The minimum atomic E-state index is -3.56. The van der Waals surface area contributed by atoms with Gasteiger partial charge < -0.3 is 4.74 Å². The Morgan fingerprint density at radius 2 is 2.00 bits per heavy atom. The van der Waals surface area contributed by atoms with E-state index in [4.69, 9.17) is 16.3 Å². The van der Waals surface area contributed by atoms with Crippen LogP contribution in [-0.2, 0) is 14.8 Å². The molecule has 92 valence electrons. The third-order valence-electron chi connectivity index (χ3n) is 2.37. The van der Waals surface area contributed by atoms with Gasteiger partial charge in [0.1, 0.15) is 4.90 Å². The number of rotatable bonds is 4. The van der Waals surface area contributed by atoms with E-state index < -0.39 is 10.0 Å². The molecule has 0 atom stereocenters. The van der Waals surface area contributed by atoms with Crippen molar-refractivity contribution >= 4 is 27.5 Å². The largest absolute Gasteiger partial charge is 0.477 e. The molecule has 4 nitrogen and oxygen atoms in total. The van der Waals surface area contributed by atoms with Crippen LogP contribution in [0.25, 0.3) is 0 Å². The van der Waals surface area contributed by atoms with Gasteiger partial charge in [0, 0.05) is 5.88 Å². The molecule has 0 saturated carbocycles. The molecule has 0 saturated heterocycles. The van der Waals surface area contributed by atoms with Crippen LogP contribution in [0, 0.1) is 0 Å². The Kier molecular flexibility index (Phi) is 3.69. The van der Waals surface area contributed by atoms with E-state index in [0.717, 1.165) is 12.8 Å². The van der Waals surface area contributed by atoms with Crippen molar-refractivity contribution in [2.24, 2.45) is 4.40 Å². The van der Waals surface area contributed by atoms with E-state index in [1.807, 2.05) is 0 Å². The molecule has 17 heavy (non-hydrogen) atoms. The van der Waals surface area contributed by atoms with Crippen molar-refractivity contribution in [2.45, 2.75) is 17.7 Å². The Hall–Kier alpha value is -1.07. The van der Waals surface area contributed by atoms with E-state index in [1.54, 1.807) is 18.2 Å². The summed E-state index contributed by atoms with van der Waals surface area (Å²) in [6.07, 6.45) is 1.62. The molecule has 0 spiro atoms. The quantitative estimate of drug-likeness (QED) is 0.624. The molecule has 0 aromatic heterocycles. The van der Waals surface area contributed by atoms with Gasteiger partial charge in [0.05, 0.1) is 12.2 Å². The maximum Gasteiger partial charge on any atom is 0.286 e. The Bertz CT molecular complexity index is 539. The average molecular weight is 274 g/mol. The summed E-state index contributed by atoms with van der Waals surface area (Å²) in [5.74, 6) is 0.764. The third-order valence-corrected chi connectivity index (χ3v) is 3.95. The minimum Gasteiger partial charge on any atom is -0.477 e. The van der Waals surface area contributed by atoms with Gasteiger partial charge in [0.15, 0.2) is 0 Å². The number of sulfonamides is 1. The average Bonchev–Trinajstić information content (AvgIpc) is 2.58. The molecular weight excluding hydrogens is 262 g/mol. The molecule has 1 heterocycles. The first-order chi connectivity index (χ1) is 8.15. The molecule has 6 heteroatoms. The SMILES string of the molecule is O=S1(=O)N=C(OCCCCCl)c2ccccc21. The highest BCUT2D eigenvalue weighted by atomic mass is 35.5. The smallest absolute Gasteiger partial charge is 0.286 e. The van der Waals surface area contributed by atoms with Gasteiger partial charge in [-0.05, 0) is 25.0 Å². The van der Waals surface area contributed by atoms with E-state index in [2.05, 4.69) is 4.40 Å². The van der Waals surface area contributed by atoms with Crippen molar-refractivity contribution in [3.05, 3.63) is 29.8 Å². The highest BCUT2D eigenvalue weighted by molar-refractivity contribution is 7.90. The first kappa shape index (κ1) is 12.4. The molecule has 0 amide bonds. The maximum absolute atomic E-state index is 11.7. The molecule has 1 aliphatic heterocycles. The highest BCUT2D eigenvalue weighted by Gasteiger charge is 2.29. The lowest BCUT2D eigenvalue weighted by Gasteiger charge is -2.04. The maximum atomic E-state index is 11.7. The molecule has 0 unspecified atom stereocenters. The third kappa shape index (κ3) is 2.61. The highest BCUT2D eigenvalue weighted by Crippen LogP contribution is 2.26. The Balaban J connectivity index is 2.15. The zero-order chi connectivity index (χ0) is 12.3. The Morgan fingerprint density at radius 3 is 2.76 bits per heavy atom. The summed E-state index contributed by atoms with van der Waals surface area (Å²) in [6.45, 7) is 0.426. The number of hydrogen-bond acceptors (Lipinski definition) is 3. The number of alkyl halides is 1. The van der Waals surface area contributed by atoms with Crippen LogP contribution < -0.4 is 0 Å². The van der Waals surface area contributed by atoms with E-state index in [0.29, 0.717) is 18.1 Å². The predicted molar refractivity (Wildman–Crippen MR) is 66.1 cm³/mol. The molecule has 0 bridgehead atoms. The van der Waals surface area contributed by atoms with E-state index in [-0.39, 0.29) is 10.8 Å². The zero-order valence-electron chi connectivity index (χ0n) is 9.10. The van der Waals surface area contributed by atoms with Crippen LogP contribution in [0.15, 0.2) is 33.6 Å². The number of ether oxygens (including phenoxy) is 1. The van der Waals surface area contributed by atoms with Gasteiger partial charge in [-0.1, -0.05) is 12.1 Å². The molecule has 0 radical (unpaired) electrons. The predicted octanol–water partition coefficient (Wildman–Crippen LogP) is 2.17. The first-order valence-electron chi connectivity index (χ1n) is 5.28. The number of nitrogens with zero attached hydrogens (tertiary/aromatic N) is 1. The fraction of sp³-hybridized carbons (Fsp3) is 0.364. The Labute approximate surface area is 105 Å². The van der Waals surface area contributed by atoms with Gasteiger partial charge in [-0.3, -0.25) is 0 Å². The lowest BCUT2D eigenvalue weighted by molar-refractivity contribution is 0.299. The summed E-state index contributed by atoms with van der Waals surface area (Å²) in [7, 11) is -3.56. The summed E-state index contributed by atoms with van der Waals surface area (Å²) < 4.78 is 32.3. The lowest BCUT2D eigenvalue weighted by atomic mass is 10.2. The van der Waals surface area contributed by atoms with Crippen molar-refractivity contribution in [2.75, 3.05) is 12.5 Å². The number of halogens is 1. The molecule has 1 aromatic carbocycles. The molecule has 0 fully saturated rings. The molecule has 0 aliphatic carbocycles. The van der Waals surface area contributed by atoms with Crippen LogP contribution >= 0.6 is 11.6 Å². The van der Waals surface area contributed by atoms with Crippen molar-refractivity contribution in [1.29, 1.82) is 0 Å². The van der Waals surface area contributed by atoms with Crippen molar-refractivity contribution < 1.29 is 13.2 Å². The second kappa shape index (κ2) is 5.06. The monoisotopic (exact) mass is 273 g/mol. The van der Waals surface area contributed by atoms with Gasteiger partial charge in [0.25, 0.3) is 10.0 Å². The van der Waals surface area contributed by atoms with Crippen LogP contribution in [0.3, 0.4) is 0 Å². The first-order valence-corrected chi connectivity index (χ1v) is 7.26. The van der Waals surface area contributed by atoms with Gasteiger partial charge >= 0.3 is 0 Å². The molecular formula is C11H12ClNO3S. The topological polar surface area (TPSA) is 55.7 Å². The van der Waals surface area contributed by atoms with Gasteiger partial charge in [-0.15, -0.1) is 16.0 Å². The summed E-state index contributed by atoms with van der Waals surface area (Å²) >= 11 is 5.54. The van der Waals surface area contributed by atoms with Crippen LogP contribution in [0.2, 0.25) is 0 Å². The number of unbranched alkanes of at least 4 members (excludes halogenated alkanes) is 1. The Morgan fingerprint density at radius 1 is 1.24 bits per heavy atom. The van der Waals surface area contributed by atoms with Crippen LogP contribution in [-0.4, -0.2) is 26.8 Å². The fourth-order valence-corrected chi connectivity index (χ4v) is 2.89. The summed E-state index contributed by atoms with van der Waals surface area (Å²) in [5, 5.41) is 0. The zero-order valence-corrected chi connectivity index (χ0v) is 10.7. The molecule has 1 aliphatic rings. The lowest BCUT2D eigenvalue weighted by Crippen LogP contribution is -2.05. The van der Waals surface area contributed by atoms with E-state index in [9.17, 15) is 8.42 Å². The van der Waals surface area contributed by atoms with E-state index >= 15 is 0 Å². The van der Waals surface area contributed by atoms with Crippen molar-refractivity contribution in [3.63, 3.8) is 0 Å². The summed E-state index contributed by atoms with van der Waals surface area (Å²) in [6, 6.07) is 6.66. The van der Waals surface area contributed by atoms with Gasteiger partial charge in [-0.25, -0.2) is 0 Å². The van der Waals surface area contributed by atoms with Gasteiger partial charge in [0.2, 0.25) is 5.90 Å². The van der Waals surface area contributed by atoms with Crippen LogP contribution in [0.5, 0.6) is 0 Å². The molecule has 2 rings (SSSR count). The molecule has 1 aromatic rings. The van der Waals surface area contributed by atoms with Crippen LogP contribution in [0.1, 0.15) is 18.4 Å². The van der Waals surface area contributed by atoms with Gasteiger partial charge in [-0.2, -0.15) is 8.42 Å². The number of benzene rings is 1. The minimum absolute atomic E-state index is 0.190. The number of hydrogen-bond donors (Lipinski definition) is 0. The van der Waals surface area contributed by atoms with E-state index in [1.165, 1.54) is 6.07 Å². The number of fused-ring (bicyclic) bond motifs is 1. The second-order valence-corrected chi connectivity index (χ2v) is 5.56. The van der Waals surface area contributed by atoms with Crippen molar-refractivity contribution in [3.8, 4) is 0 Å². The normalized spacial score (nSPS) is 16.4.